The van der Waals surface area contributed by atoms with E-state index in [2.05, 4.69) is 97.1 Å². The van der Waals surface area contributed by atoms with Crippen LogP contribution in [-0.2, 0) is 12.8 Å². The summed E-state index contributed by atoms with van der Waals surface area (Å²) in [6.07, 6.45) is 4.83. The van der Waals surface area contributed by atoms with Crippen LogP contribution in [0.25, 0.3) is 11.3 Å². The van der Waals surface area contributed by atoms with Crippen LogP contribution in [0.1, 0.15) is 24.1 Å². The van der Waals surface area contributed by atoms with Crippen LogP contribution in [0, 0.1) is 0 Å². The van der Waals surface area contributed by atoms with Gasteiger partial charge in [0.2, 0.25) is 0 Å². The van der Waals surface area contributed by atoms with E-state index in [1.807, 2.05) is 0 Å². The molecule has 0 unspecified atom stereocenters. The summed E-state index contributed by atoms with van der Waals surface area (Å²) in [6, 6.07) is 35.2. The van der Waals surface area contributed by atoms with Gasteiger partial charge in [-0.15, -0.1) is 0 Å². The van der Waals surface area contributed by atoms with Crippen molar-refractivity contribution < 1.29 is 0 Å². The third kappa shape index (κ3) is 3.76. The van der Waals surface area contributed by atoms with Crippen molar-refractivity contribution in [2.75, 3.05) is 0 Å². The van der Waals surface area contributed by atoms with Crippen LogP contribution in [0.15, 0.2) is 97.1 Å². The molecule has 0 amide bonds. The summed E-state index contributed by atoms with van der Waals surface area (Å²) in [5.41, 5.74) is 5.11. The molecule has 5 rings (SSSR count). The third-order valence-electron chi connectivity index (χ3n) is 5.63. The van der Waals surface area contributed by atoms with Gasteiger partial charge in [0.15, 0.2) is 0 Å². The van der Waals surface area contributed by atoms with Gasteiger partial charge in [0.1, 0.15) is 0 Å². The molecular formula is C27H24NP. The zero-order valence-electron chi connectivity index (χ0n) is 16.5. The minimum atomic E-state index is -0.642. The number of aromatic nitrogens is 1. The smallest absolute Gasteiger partial charge is 0.0712 e. The van der Waals surface area contributed by atoms with Crippen molar-refractivity contribution in [3.05, 3.63) is 108 Å². The largest absolute Gasteiger partial charge is 0.253 e. The van der Waals surface area contributed by atoms with Gasteiger partial charge in [-0.05, 0) is 61.1 Å². The Bertz CT molecular complexity index is 1070. The van der Waals surface area contributed by atoms with Crippen molar-refractivity contribution in [3.8, 4) is 11.3 Å². The zero-order chi connectivity index (χ0) is 19.5. The van der Waals surface area contributed by atoms with Gasteiger partial charge in [0.25, 0.3) is 0 Å². The highest BCUT2D eigenvalue weighted by Gasteiger charge is 2.21. The third-order valence-corrected chi connectivity index (χ3v) is 8.13. The second kappa shape index (κ2) is 8.31. The lowest BCUT2D eigenvalue weighted by molar-refractivity contribution is 0.668. The predicted octanol–water partition coefficient (Wildman–Crippen LogP) is 5.39. The maximum absolute atomic E-state index is 5.12. The number of hydrogen-bond donors (Lipinski definition) is 0. The fraction of sp³-hybridized carbons (Fsp3) is 0.148. The summed E-state index contributed by atoms with van der Waals surface area (Å²) < 4.78 is 0. The predicted molar refractivity (Wildman–Crippen MR) is 125 cm³/mol. The first kappa shape index (κ1) is 18.3. The maximum Gasteiger partial charge on any atom is 0.0712 e. The van der Waals surface area contributed by atoms with E-state index < -0.39 is 7.92 Å². The number of hydrogen-bond acceptors (Lipinski definition) is 1. The van der Waals surface area contributed by atoms with Crippen LogP contribution in [0.4, 0.5) is 0 Å². The molecule has 1 nitrogen and oxygen atoms in total. The molecule has 0 saturated heterocycles. The molecule has 0 saturated carbocycles. The van der Waals surface area contributed by atoms with E-state index in [1.54, 1.807) is 0 Å². The Hall–Kier alpha value is -2.76. The number of nitrogens with zero attached hydrogens (tertiary/aromatic N) is 1. The topological polar surface area (TPSA) is 12.9 Å². The fourth-order valence-electron chi connectivity index (χ4n) is 4.20. The first-order valence-electron chi connectivity index (χ1n) is 10.4. The summed E-state index contributed by atoms with van der Waals surface area (Å²) in [7, 11) is -0.642. The molecule has 2 heteroatoms. The van der Waals surface area contributed by atoms with Crippen LogP contribution in [0.3, 0.4) is 0 Å². The highest BCUT2D eigenvalue weighted by molar-refractivity contribution is 7.80. The fourth-order valence-corrected chi connectivity index (χ4v) is 6.66. The average Bonchev–Trinajstić information content (AvgIpc) is 2.81. The van der Waals surface area contributed by atoms with Crippen molar-refractivity contribution in [2.45, 2.75) is 25.7 Å². The molecule has 3 aromatic carbocycles. The van der Waals surface area contributed by atoms with Crippen molar-refractivity contribution in [1.82, 2.24) is 4.98 Å². The molecule has 1 aliphatic carbocycles. The van der Waals surface area contributed by atoms with Gasteiger partial charge in [0.05, 0.1) is 5.69 Å². The Morgan fingerprint density at radius 3 is 1.93 bits per heavy atom. The maximum atomic E-state index is 5.12. The zero-order valence-corrected chi connectivity index (χ0v) is 17.4. The molecule has 0 atom stereocenters. The Kier molecular flexibility index (Phi) is 5.24. The number of fused-ring (bicyclic) bond motifs is 1. The first-order chi connectivity index (χ1) is 14.4. The van der Waals surface area contributed by atoms with Crippen molar-refractivity contribution >= 4 is 23.8 Å². The molecule has 4 aromatic rings. The monoisotopic (exact) mass is 393 g/mol. The van der Waals surface area contributed by atoms with Gasteiger partial charge < -0.3 is 0 Å². The molecule has 0 spiro atoms. The highest BCUT2D eigenvalue weighted by Crippen LogP contribution is 2.37. The highest BCUT2D eigenvalue weighted by atomic mass is 31.1. The van der Waals surface area contributed by atoms with E-state index in [9.17, 15) is 0 Å². The Morgan fingerprint density at radius 1 is 0.586 bits per heavy atom. The summed E-state index contributed by atoms with van der Waals surface area (Å²) in [5.74, 6) is 0. The second-order valence-electron chi connectivity index (χ2n) is 7.53. The Labute approximate surface area is 174 Å². The van der Waals surface area contributed by atoms with E-state index in [4.69, 9.17) is 4.98 Å². The SMILES string of the molecule is c1ccc(P(c2ccccc2)c2ccccc2-c2ccc3c(n2)CCCC3)cc1. The summed E-state index contributed by atoms with van der Waals surface area (Å²) >= 11 is 0. The van der Waals surface area contributed by atoms with Gasteiger partial charge in [-0.2, -0.15) is 0 Å². The molecule has 0 aliphatic heterocycles. The summed E-state index contributed by atoms with van der Waals surface area (Å²) in [6.45, 7) is 0. The number of pyridine rings is 1. The summed E-state index contributed by atoms with van der Waals surface area (Å²) in [5, 5.41) is 4.13. The Morgan fingerprint density at radius 2 is 1.21 bits per heavy atom. The first-order valence-corrected chi connectivity index (χ1v) is 11.7. The molecule has 0 N–H and O–H groups in total. The van der Waals surface area contributed by atoms with E-state index >= 15 is 0 Å². The van der Waals surface area contributed by atoms with Gasteiger partial charge in [-0.1, -0.05) is 91.0 Å². The van der Waals surface area contributed by atoms with Crippen molar-refractivity contribution in [1.29, 1.82) is 0 Å². The lowest BCUT2D eigenvalue weighted by Gasteiger charge is -2.23. The molecular weight excluding hydrogens is 369 g/mol. The Balaban J connectivity index is 1.67. The molecule has 0 radical (unpaired) electrons. The van der Waals surface area contributed by atoms with Gasteiger partial charge in [0, 0.05) is 11.3 Å². The lowest BCUT2D eigenvalue weighted by atomic mass is 9.95. The van der Waals surface area contributed by atoms with Crippen molar-refractivity contribution in [3.63, 3.8) is 0 Å². The van der Waals surface area contributed by atoms with E-state index in [-0.39, 0.29) is 0 Å². The van der Waals surface area contributed by atoms with Gasteiger partial charge >= 0.3 is 0 Å². The molecule has 1 heterocycles. The van der Waals surface area contributed by atoms with Gasteiger partial charge in [-0.25, -0.2) is 0 Å². The van der Waals surface area contributed by atoms with E-state index in [1.165, 1.54) is 52.0 Å². The minimum absolute atomic E-state index is 0.642. The van der Waals surface area contributed by atoms with Crippen LogP contribution >= 0.6 is 7.92 Å². The standard InChI is InChI=1S/C27H24NP/c1-3-12-22(13-4-1)29(23-14-5-2-6-15-23)27-18-10-8-16-24(27)26-20-19-21-11-7-9-17-25(21)28-26/h1-6,8,10,12-16,18-20H,7,9,11,17H2. The average molecular weight is 393 g/mol. The molecule has 0 bridgehead atoms. The summed E-state index contributed by atoms with van der Waals surface area (Å²) in [4.78, 5) is 5.12. The number of aryl methyl sites for hydroxylation is 2. The minimum Gasteiger partial charge on any atom is -0.253 e. The molecule has 0 fully saturated rings. The molecule has 1 aliphatic rings. The van der Waals surface area contributed by atoms with Crippen LogP contribution in [0.5, 0.6) is 0 Å². The van der Waals surface area contributed by atoms with E-state index in [0.717, 1.165) is 12.1 Å². The number of rotatable bonds is 4. The van der Waals surface area contributed by atoms with Gasteiger partial charge in [-0.3, -0.25) is 4.98 Å². The van der Waals surface area contributed by atoms with Crippen molar-refractivity contribution in [2.24, 2.45) is 0 Å². The molecule has 1 aromatic heterocycles. The quantitative estimate of drug-likeness (QED) is 0.424. The van der Waals surface area contributed by atoms with Crippen LogP contribution in [-0.4, -0.2) is 4.98 Å². The normalized spacial score (nSPS) is 13.3. The molecule has 29 heavy (non-hydrogen) atoms. The second-order valence-corrected chi connectivity index (χ2v) is 9.72. The molecule has 142 valence electrons. The lowest BCUT2D eigenvalue weighted by Crippen LogP contribution is -2.22. The van der Waals surface area contributed by atoms with E-state index in [0.29, 0.717) is 0 Å². The number of benzene rings is 3. The van der Waals surface area contributed by atoms with Crippen LogP contribution < -0.4 is 15.9 Å². The van der Waals surface area contributed by atoms with Crippen LogP contribution in [0.2, 0.25) is 0 Å².